The molecule has 2 N–H and O–H groups in total. The topological polar surface area (TPSA) is 41.1 Å². The Labute approximate surface area is 155 Å². The van der Waals surface area contributed by atoms with E-state index in [1.807, 2.05) is 6.07 Å². The van der Waals surface area contributed by atoms with Crippen molar-refractivity contribution in [3.8, 4) is 0 Å². The molecule has 0 saturated heterocycles. The number of carbonyl (C=O) groups excluding carboxylic acids is 1. The molecule has 1 aliphatic heterocycles. The SMILES string of the molecule is Cl.O=C(NCC1NCCc2ccccc21)C1CCCc2ccccc21. The summed E-state index contributed by atoms with van der Waals surface area (Å²) >= 11 is 0. The van der Waals surface area contributed by atoms with E-state index in [0.717, 1.165) is 32.2 Å². The first-order valence-electron chi connectivity index (χ1n) is 8.99. The number of nitrogens with one attached hydrogen (secondary N) is 2. The van der Waals surface area contributed by atoms with Crippen molar-refractivity contribution >= 4 is 18.3 Å². The molecule has 0 aromatic heterocycles. The van der Waals surface area contributed by atoms with Crippen LogP contribution in [0, 0.1) is 0 Å². The predicted molar refractivity (Wildman–Crippen MR) is 103 cm³/mol. The molecule has 2 aromatic rings. The molecule has 3 nitrogen and oxygen atoms in total. The Morgan fingerprint density at radius 1 is 1.00 bits per heavy atom. The molecular formula is C21H25ClN2O. The van der Waals surface area contributed by atoms with Gasteiger partial charge in [-0.1, -0.05) is 48.5 Å². The standard InChI is InChI=1S/C21H24N2O.ClH/c24-21(19-11-5-8-15-6-1-3-9-17(15)19)23-14-20-18-10-4-2-7-16(18)12-13-22-20;/h1-4,6-7,9-10,19-20,22H,5,8,11-14H2,(H,23,24);1H. The quantitative estimate of drug-likeness (QED) is 0.883. The highest BCUT2D eigenvalue weighted by atomic mass is 35.5. The van der Waals surface area contributed by atoms with Crippen LogP contribution in [0.1, 0.15) is 47.1 Å². The van der Waals surface area contributed by atoms with Crippen molar-refractivity contribution in [3.63, 3.8) is 0 Å². The second-order valence-corrected chi connectivity index (χ2v) is 6.84. The van der Waals surface area contributed by atoms with Crippen LogP contribution in [0.3, 0.4) is 0 Å². The first-order valence-corrected chi connectivity index (χ1v) is 8.99. The highest BCUT2D eigenvalue weighted by Crippen LogP contribution is 2.31. The van der Waals surface area contributed by atoms with Crippen molar-refractivity contribution in [1.82, 2.24) is 10.6 Å². The number of aryl methyl sites for hydroxylation is 1. The number of carbonyl (C=O) groups is 1. The van der Waals surface area contributed by atoms with Gasteiger partial charge >= 0.3 is 0 Å². The van der Waals surface area contributed by atoms with Crippen LogP contribution < -0.4 is 10.6 Å². The van der Waals surface area contributed by atoms with E-state index in [0.29, 0.717) is 6.54 Å². The Balaban J connectivity index is 0.00000182. The van der Waals surface area contributed by atoms with E-state index in [1.165, 1.54) is 22.3 Å². The fourth-order valence-corrected chi connectivity index (χ4v) is 4.13. The van der Waals surface area contributed by atoms with Crippen LogP contribution in [0.5, 0.6) is 0 Å². The molecule has 25 heavy (non-hydrogen) atoms. The van der Waals surface area contributed by atoms with Gasteiger partial charge in [0, 0.05) is 12.6 Å². The van der Waals surface area contributed by atoms with Crippen LogP contribution in [0.4, 0.5) is 0 Å². The lowest BCUT2D eigenvalue weighted by molar-refractivity contribution is -0.123. The lowest BCUT2D eigenvalue weighted by Gasteiger charge is -2.29. The molecule has 0 fully saturated rings. The molecule has 0 radical (unpaired) electrons. The first-order chi connectivity index (χ1) is 11.8. The number of hydrogen-bond donors (Lipinski definition) is 2. The van der Waals surface area contributed by atoms with E-state index >= 15 is 0 Å². The van der Waals surface area contributed by atoms with Gasteiger partial charge in [0.05, 0.1) is 5.92 Å². The van der Waals surface area contributed by atoms with E-state index in [9.17, 15) is 4.79 Å². The van der Waals surface area contributed by atoms with Gasteiger partial charge in [-0.05, 0) is 54.5 Å². The van der Waals surface area contributed by atoms with Crippen molar-refractivity contribution in [1.29, 1.82) is 0 Å². The Morgan fingerprint density at radius 2 is 1.68 bits per heavy atom. The third-order valence-corrected chi connectivity index (χ3v) is 5.38. The van der Waals surface area contributed by atoms with Crippen LogP contribution in [0.2, 0.25) is 0 Å². The number of halogens is 1. The maximum atomic E-state index is 12.8. The molecule has 2 aromatic carbocycles. The number of rotatable bonds is 3. The molecule has 0 saturated carbocycles. The van der Waals surface area contributed by atoms with Crippen molar-refractivity contribution in [3.05, 3.63) is 70.8 Å². The molecule has 2 atom stereocenters. The van der Waals surface area contributed by atoms with Crippen molar-refractivity contribution < 1.29 is 4.79 Å². The average molecular weight is 357 g/mol. The zero-order valence-corrected chi connectivity index (χ0v) is 15.1. The zero-order valence-electron chi connectivity index (χ0n) is 14.3. The van der Waals surface area contributed by atoms with E-state index in [1.54, 1.807) is 0 Å². The van der Waals surface area contributed by atoms with E-state index in [4.69, 9.17) is 0 Å². The summed E-state index contributed by atoms with van der Waals surface area (Å²) in [6, 6.07) is 17.2. The smallest absolute Gasteiger partial charge is 0.227 e. The first kappa shape index (κ1) is 18.0. The van der Waals surface area contributed by atoms with Crippen molar-refractivity contribution in [2.75, 3.05) is 13.1 Å². The highest BCUT2D eigenvalue weighted by Gasteiger charge is 2.27. The number of hydrogen-bond acceptors (Lipinski definition) is 2. The van der Waals surface area contributed by atoms with E-state index in [-0.39, 0.29) is 30.3 Å². The zero-order chi connectivity index (χ0) is 16.4. The minimum atomic E-state index is 0. The minimum absolute atomic E-state index is 0. The Kier molecular flexibility index (Phi) is 5.77. The molecule has 1 amide bonds. The van der Waals surface area contributed by atoms with Gasteiger partial charge in [0.25, 0.3) is 0 Å². The molecular weight excluding hydrogens is 332 g/mol. The van der Waals surface area contributed by atoms with Crippen LogP contribution in [0.25, 0.3) is 0 Å². The van der Waals surface area contributed by atoms with Gasteiger partial charge in [0.1, 0.15) is 0 Å². The number of benzene rings is 2. The van der Waals surface area contributed by atoms with Crippen molar-refractivity contribution in [2.24, 2.45) is 0 Å². The summed E-state index contributed by atoms with van der Waals surface area (Å²) < 4.78 is 0. The molecule has 2 aliphatic rings. The largest absolute Gasteiger partial charge is 0.354 e. The molecule has 0 bridgehead atoms. The lowest BCUT2D eigenvalue weighted by atomic mass is 9.82. The van der Waals surface area contributed by atoms with Gasteiger partial charge in [0.2, 0.25) is 5.91 Å². The molecule has 132 valence electrons. The minimum Gasteiger partial charge on any atom is -0.354 e. The van der Waals surface area contributed by atoms with Crippen LogP contribution in [0.15, 0.2) is 48.5 Å². The highest BCUT2D eigenvalue weighted by molar-refractivity contribution is 5.85. The third kappa shape index (κ3) is 3.73. The normalized spacial score (nSPS) is 21.4. The second-order valence-electron chi connectivity index (χ2n) is 6.84. The maximum Gasteiger partial charge on any atom is 0.227 e. The van der Waals surface area contributed by atoms with Crippen molar-refractivity contribution in [2.45, 2.75) is 37.6 Å². The van der Waals surface area contributed by atoms with Gasteiger partial charge in [-0.2, -0.15) is 0 Å². The molecule has 2 unspecified atom stereocenters. The summed E-state index contributed by atoms with van der Waals surface area (Å²) in [5.41, 5.74) is 5.29. The van der Waals surface area contributed by atoms with Crippen LogP contribution in [-0.4, -0.2) is 19.0 Å². The molecule has 1 aliphatic carbocycles. The number of amides is 1. The molecule has 4 rings (SSSR count). The van der Waals surface area contributed by atoms with Gasteiger partial charge < -0.3 is 10.6 Å². The lowest BCUT2D eigenvalue weighted by Crippen LogP contribution is -2.40. The summed E-state index contributed by atoms with van der Waals surface area (Å²) in [4.78, 5) is 12.8. The fraction of sp³-hybridized carbons (Fsp3) is 0.381. The monoisotopic (exact) mass is 356 g/mol. The predicted octanol–water partition coefficient (Wildman–Crippen LogP) is 3.53. The van der Waals surface area contributed by atoms with Gasteiger partial charge in [-0.15, -0.1) is 12.4 Å². The maximum absolute atomic E-state index is 12.8. The van der Waals surface area contributed by atoms with E-state index in [2.05, 4.69) is 53.1 Å². The Morgan fingerprint density at radius 3 is 2.48 bits per heavy atom. The van der Waals surface area contributed by atoms with Crippen LogP contribution in [-0.2, 0) is 17.6 Å². The molecule has 0 spiro atoms. The fourth-order valence-electron chi connectivity index (χ4n) is 4.13. The average Bonchev–Trinajstić information content (AvgIpc) is 2.65. The van der Waals surface area contributed by atoms with Gasteiger partial charge in [0.15, 0.2) is 0 Å². The third-order valence-electron chi connectivity index (χ3n) is 5.38. The summed E-state index contributed by atoms with van der Waals surface area (Å²) in [6.45, 7) is 1.64. The Bertz CT molecular complexity index is 746. The van der Waals surface area contributed by atoms with Crippen LogP contribution >= 0.6 is 12.4 Å². The second kappa shape index (κ2) is 8.03. The summed E-state index contributed by atoms with van der Waals surface area (Å²) in [6.07, 6.45) is 4.21. The van der Waals surface area contributed by atoms with Gasteiger partial charge in [-0.25, -0.2) is 0 Å². The van der Waals surface area contributed by atoms with Gasteiger partial charge in [-0.3, -0.25) is 4.79 Å². The Hall–Kier alpha value is -1.84. The molecule has 1 heterocycles. The molecule has 4 heteroatoms. The van der Waals surface area contributed by atoms with E-state index < -0.39 is 0 Å². The number of fused-ring (bicyclic) bond motifs is 2. The summed E-state index contributed by atoms with van der Waals surface area (Å²) in [7, 11) is 0. The summed E-state index contributed by atoms with van der Waals surface area (Å²) in [5, 5.41) is 6.74. The summed E-state index contributed by atoms with van der Waals surface area (Å²) in [5.74, 6) is 0.181.